The molecule has 31 heavy (non-hydrogen) atoms. The van der Waals surface area contributed by atoms with Crippen molar-refractivity contribution in [3.8, 4) is 11.5 Å². The van der Waals surface area contributed by atoms with Gasteiger partial charge in [-0.15, -0.1) is 0 Å². The lowest BCUT2D eigenvalue weighted by Crippen LogP contribution is -2.23. The topological polar surface area (TPSA) is 50.8 Å². The van der Waals surface area contributed by atoms with Crippen LogP contribution >= 0.6 is 0 Å². The zero-order chi connectivity index (χ0) is 22.1. The van der Waals surface area contributed by atoms with E-state index in [9.17, 15) is 13.6 Å². The maximum Gasteiger partial charge on any atom is 0.387 e. The summed E-state index contributed by atoms with van der Waals surface area (Å²) in [7, 11) is 0. The Kier molecular flexibility index (Phi) is 8.41. The number of likely N-dealkylation sites (tertiary alicyclic amines) is 1. The second kappa shape index (κ2) is 11.5. The van der Waals surface area contributed by atoms with E-state index in [0.29, 0.717) is 18.7 Å². The Bertz CT molecular complexity index is 896. The van der Waals surface area contributed by atoms with Crippen molar-refractivity contribution in [1.29, 1.82) is 0 Å². The van der Waals surface area contributed by atoms with Crippen molar-refractivity contribution >= 4 is 12.0 Å². The fourth-order valence-electron chi connectivity index (χ4n) is 3.57. The maximum atomic E-state index is 12.5. The van der Waals surface area contributed by atoms with Gasteiger partial charge in [0, 0.05) is 19.2 Å². The molecule has 0 saturated carbocycles. The second-order valence-electron chi connectivity index (χ2n) is 7.32. The normalized spacial score (nSPS) is 14.3. The Balaban J connectivity index is 1.59. The summed E-state index contributed by atoms with van der Waals surface area (Å²) in [6.45, 7) is 2.71. The van der Waals surface area contributed by atoms with E-state index in [1.165, 1.54) is 30.5 Å². The summed E-state index contributed by atoms with van der Waals surface area (Å²) in [6.07, 6.45) is 5.51. The third-order valence-electron chi connectivity index (χ3n) is 5.07. The van der Waals surface area contributed by atoms with Crippen LogP contribution in [0.2, 0.25) is 0 Å². The maximum absolute atomic E-state index is 12.5. The molecule has 0 spiro atoms. The minimum atomic E-state index is -2.93. The molecule has 5 nitrogen and oxygen atoms in total. The van der Waals surface area contributed by atoms with Crippen LogP contribution in [-0.4, -0.2) is 37.1 Å². The first-order valence-corrected chi connectivity index (χ1v) is 10.5. The van der Waals surface area contributed by atoms with Crippen LogP contribution in [0, 0.1) is 0 Å². The number of carbonyl (C=O) groups excluding carboxylic acids is 1. The lowest BCUT2D eigenvalue weighted by molar-refractivity contribution is -0.116. The van der Waals surface area contributed by atoms with Gasteiger partial charge in [-0.2, -0.15) is 8.78 Å². The molecule has 0 radical (unpaired) electrons. The fraction of sp³-hybridized carbons (Fsp3) is 0.375. The number of hydrogen-bond acceptors (Lipinski definition) is 4. The minimum Gasteiger partial charge on any atom is -0.490 e. The smallest absolute Gasteiger partial charge is 0.387 e. The molecule has 3 rings (SSSR count). The molecule has 1 N–H and O–H groups in total. The van der Waals surface area contributed by atoms with Gasteiger partial charge in [-0.25, -0.2) is 0 Å². The van der Waals surface area contributed by atoms with E-state index in [1.54, 1.807) is 25.1 Å². The van der Waals surface area contributed by atoms with Crippen molar-refractivity contribution in [2.75, 3.05) is 19.7 Å². The van der Waals surface area contributed by atoms with Gasteiger partial charge in [0.1, 0.15) is 0 Å². The summed E-state index contributed by atoms with van der Waals surface area (Å²) in [6, 6.07) is 12.7. The molecule has 1 aliphatic rings. The zero-order valence-corrected chi connectivity index (χ0v) is 17.7. The highest BCUT2D eigenvalue weighted by molar-refractivity contribution is 5.91. The molecule has 0 unspecified atom stereocenters. The summed E-state index contributed by atoms with van der Waals surface area (Å²) >= 11 is 0. The molecule has 0 aliphatic carbocycles. The number of benzene rings is 2. The number of rotatable bonds is 10. The number of nitrogens with zero attached hydrogens (tertiary/aromatic N) is 1. The Morgan fingerprint density at radius 1 is 1.13 bits per heavy atom. The van der Waals surface area contributed by atoms with Crippen LogP contribution in [0.15, 0.2) is 48.5 Å². The standard InChI is InChI=1S/C24H28F2N2O3/c1-2-30-22-15-18(9-11-21(22)31-24(25)26)10-12-23(29)27-16-19-7-3-4-8-20(19)17-28-13-5-6-14-28/h3-4,7-12,15,24H,2,5-6,13-14,16-17H2,1H3,(H,27,29)/b12-10+. The van der Waals surface area contributed by atoms with Gasteiger partial charge >= 0.3 is 6.61 Å². The first-order chi connectivity index (χ1) is 15.0. The highest BCUT2D eigenvalue weighted by atomic mass is 19.3. The quantitative estimate of drug-likeness (QED) is 0.559. The van der Waals surface area contributed by atoms with Crippen LogP contribution in [0.4, 0.5) is 8.78 Å². The van der Waals surface area contributed by atoms with Gasteiger partial charge in [-0.3, -0.25) is 9.69 Å². The molecule has 2 aromatic rings. The Morgan fingerprint density at radius 3 is 2.58 bits per heavy atom. The summed E-state index contributed by atoms with van der Waals surface area (Å²) in [5.74, 6) is -0.0592. The monoisotopic (exact) mass is 430 g/mol. The SMILES string of the molecule is CCOc1cc(/C=C/C(=O)NCc2ccccc2CN2CCCC2)ccc1OC(F)F. The van der Waals surface area contributed by atoms with Gasteiger partial charge in [0.2, 0.25) is 5.91 Å². The molecule has 1 heterocycles. The summed E-state index contributed by atoms with van der Waals surface area (Å²) in [4.78, 5) is 14.7. The minimum absolute atomic E-state index is 0.0342. The summed E-state index contributed by atoms with van der Waals surface area (Å²) < 4.78 is 34.9. The molecule has 1 fully saturated rings. The fourth-order valence-corrected chi connectivity index (χ4v) is 3.57. The second-order valence-corrected chi connectivity index (χ2v) is 7.32. The molecule has 1 amide bonds. The van der Waals surface area contributed by atoms with E-state index in [2.05, 4.69) is 21.0 Å². The van der Waals surface area contributed by atoms with Crippen LogP contribution in [0.1, 0.15) is 36.5 Å². The Morgan fingerprint density at radius 2 is 1.87 bits per heavy atom. The molecule has 0 atom stereocenters. The van der Waals surface area contributed by atoms with Crippen LogP contribution in [0.5, 0.6) is 11.5 Å². The Labute approximate surface area is 181 Å². The summed E-state index contributed by atoms with van der Waals surface area (Å²) in [5, 5.41) is 2.91. The average molecular weight is 430 g/mol. The molecule has 1 saturated heterocycles. The van der Waals surface area contributed by atoms with Crippen LogP contribution in [0.3, 0.4) is 0 Å². The van der Waals surface area contributed by atoms with Gasteiger partial charge in [0.05, 0.1) is 6.61 Å². The number of halogens is 2. The Hall–Kier alpha value is -2.93. The average Bonchev–Trinajstić information content (AvgIpc) is 3.26. The molecule has 7 heteroatoms. The first kappa shape index (κ1) is 22.7. The molecule has 2 aromatic carbocycles. The van der Waals surface area contributed by atoms with Gasteiger partial charge in [0.15, 0.2) is 11.5 Å². The van der Waals surface area contributed by atoms with E-state index in [0.717, 1.165) is 25.2 Å². The largest absolute Gasteiger partial charge is 0.490 e. The highest BCUT2D eigenvalue weighted by Gasteiger charge is 2.14. The summed E-state index contributed by atoms with van der Waals surface area (Å²) in [5.41, 5.74) is 2.97. The van der Waals surface area contributed by atoms with E-state index in [1.807, 2.05) is 18.2 Å². The van der Waals surface area contributed by atoms with Crippen molar-refractivity contribution in [2.45, 2.75) is 39.5 Å². The number of carbonyl (C=O) groups is 1. The molecule has 166 valence electrons. The van der Waals surface area contributed by atoms with Gasteiger partial charge in [-0.05, 0) is 67.8 Å². The molecular formula is C24H28F2N2O3. The number of nitrogens with one attached hydrogen (secondary N) is 1. The molecule has 0 aromatic heterocycles. The van der Waals surface area contributed by atoms with Crippen molar-refractivity contribution in [2.24, 2.45) is 0 Å². The highest BCUT2D eigenvalue weighted by Crippen LogP contribution is 2.30. The lowest BCUT2D eigenvalue weighted by atomic mass is 10.1. The van der Waals surface area contributed by atoms with E-state index < -0.39 is 6.61 Å². The van der Waals surface area contributed by atoms with Crippen molar-refractivity contribution in [1.82, 2.24) is 10.2 Å². The molecular weight excluding hydrogens is 402 g/mol. The van der Waals surface area contributed by atoms with Crippen LogP contribution < -0.4 is 14.8 Å². The van der Waals surface area contributed by atoms with Gasteiger partial charge < -0.3 is 14.8 Å². The van der Waals surface area contributed by atoms with E-state index in [4.69, 9.17) is 4.74 Å². The third kappa shape index (κ3) is 7.07. The third-order valence-corrected chi connectivity index (χ3v) is 5.07. The van der Waals surface area contributed by atoms with Crippen molar-refractivity contribution < 1.29 is 23.0 Å². The van der Waals surface area contributed by atoms with E-state index in [-0.39, 0.29) is 17.4 Å². The number of ether oxygens (including phenoxy) is 2. The predicted molar refractivity (Wildman–Crippen MR) is 116 cm³/mol. The van der Waals surface area contributed by atoms with Crippen LogP contribution in [0.25, 0.3) is 6.08 Å². The van der Waals surface area contributed by atoms with Crippen molar-refractivity contribution in [3.63, 3.8) is 0 Å². The molecule has 0 bridgehead atoms. The van der Waals surface area contributed by atoms with Gasteiger partial charge in [-0.1, -0.05) is 30.3 Å². The first-order valence-electron chi connectivity index (χ1n) is 10.5. The lowest BCUT2D eigenvalue weighted by Gasteiger charge is -2.17. The van der Waals surface area contributed by atoms with Crippen LogP contribution in [-0.2, 0) is 17.9 Å². The molecule has 1 aliphatic heterocycles. The van der Waals surface area contributed by atoms with E-state index >= 15 is 0 Å². The number of alkyl halides is 2. The van der Waals surface area contributed by atoms with Gasteiger partial charge in [0.25, 0.3) is 0 Å². The zero-order valence-electron chi connectivity index (χ0n) is 17.7. The number of amides is 1. The predicted octanol–water partition coefficient (Wildman–Crippen LogP) is 4.61. The van der Waals surface area contributed by atoms with Crippen molar-refractivity contribution in [3.05, 3.63) is 65.2 Å². The number of hydrogen-bond donors (Lipinski definition) is 1.